The number of esters is 2. The maximum absolute atomic E-state index is 13.1. The van der Waals surface area contributed by atoms with E-state index in [0.29, 0.717) is 5.56 Å². The number of hydrogen-bond acceptors (Lipinski definition) is 5. The molecule has 0 aromatic heterocycles. The third-order valence-electron chi connectivity index (χ3n) is 5.57. The Balaban J connectivity index is 2.47. The first-order chi connectivity index (χ1) is 13.4. The van der Waals surface area contributed by atoms with Crippen LogP contribution in [0.5, 0.6) is 0 Å². The van der Waals surface area contributed by atoms with Gasteiger partial charge < -0.3 is 9.47 Å². The van der Waals surface area contributed by atoms with Crippen molar-refractivity contribution in [2.75, 3.05) is 14.2 Å². The molecule has 1 saturated carbocycles. The molecule has 0 heterocycles. The molecule has 0 spiro atoms. The molecule has 5 nitrogen and oxygen atoms in total. The second kappa shape index (κ2) is 9.49. The zero-order chi connectivity index (χ0) is 20.7. The molecule has 1 fully saturated rings. The maximum atomic E-state index is 13.1. The summed E-state index contributed by atoms with van der Waals surface area (Å²) < 4.78 is 9.89. The normalized spacial score (nSPS) is 21.8. The molecule has 28 heavy (non-hydrogen) atoms. The van der Waals surface area contributed by atoms with Crippen LogP contribution in [0.1, 0.15) is 36.5 Å². The van der Waals surface area contributed by atoms with E-state index in [1.807, 2.05) is 37.3 Å². The van der Waals surface area contributed by atoms with E-state index >= 15 is 0 Å². The Morgan fingerprint density at radius 3 is 2.25 bits per heavy atom. The third-order valence-corrected chi connectivity index (χ3v) is 5.57. The Bertz CT molecular complexity index is 734. The van der Waals surface area contributed by atoms with E-state index in [0.717, 1.165) is 6.42 Å². The molecular formula is C23H28O5. The van der Waals surface area contributed by atoms with Gasteiger partial charge in [0.1, 0.15) is 0 Å². The van der Waals surface area contributed by atoms with Crippen molar-refractivity contribution in [3.63, 3.8) is 0 Å². The fourth-order valence-electron chi connectivity index (χ4n) is 4.18. The molecule has 0 radical (unpaired) electrons. The zero-order valence-corrected chi connectivity index (χ0v) is 16.7. The minimum atomic E-state index is -1.41. The molecule has 0 N–H and O–H groups in total. The smallest absolute Gasteiger partial charge is 0.323 e. The van der Waals surface area contributed by atoms with Gasteiger partial charge in [0, 0.05) is 11.5 Å². The number of Topliss-reactive ketones (excluding diaryl/α,β-unsaturated/α-hetero) is 1. The number of carbonyl (C=O) groups excluding carboxylic acids is 3. The van der Waals surface area contributed by atoms with Crippen LogP contribution in [0.4, 0.5) is 0 Å². The highest BCUT2D eigenvalue weighted by atomic mass is 16.5. The number of ketones is 1. The van der Waals surface area contributed by atoms with E-state index in [4.69, 9.17) is 9.47 Å². The maximum Gasteiger partial charge on any atom is 0.323 e. The molecule has 0 saturated heterocycles. The van der Waals surface area contributed by atoms with Crippen molar-refractivity contribution < 1.29 is 23.9 Å². The Hall–Kier alpha value is -2.69. The Kier molecular flexibility index (Phi) is 7.32. The summed E-state index contributed by atoms with van der Waals surface area (Å²) in [4.78, 5) is 38.3. The highest BCUT2D eigenvalue weighted by Gasteiger charge is 2.58. The standard InChI is InChI=1S/C23H28O5/c1-5-7-11-17-14-23(21(25)27-3,22(26)28-4)15-19(17)18(6-2)20(24)16-12-9-8-10-13-16/h6-13,17-19H,2,5,14-15H2,1,3-4H3/b11-7+/t17-,18-,19-/m1/s1. The SMILES string of the molecule is C=C[C@@H](C(=O)c1ccccc1)[C@@H]1CC(C(=O)OC)(C(=O)OC)C[C@H]1/C=C/CC. The van der Waals surface area contributed by atoms with E-state index < -0.39 is 23.3 Å². The lowest BCUT2D eigenvalue weighted by atomic mass is 9.78. The molecule has 0 amide bonds. The summed E-state index contributed by atoms with van der Waals surface area (Å²) in [5, 5.41) is 0. The first-order valence-electron chi connectivity index (χ1n) is 9.50. The van der Waals surface area contributed by atoms with Gasteiger partial charge in [0.05, 0.1) is 14.2 Å². The lowest BCUT2D eigenvalue weighted by Gasteiger charge is -2.25. The Morgan fingerprint density at radius 2 is 1.75 bits per heavy atom. The van der Waals surface area contributed by atoms with Gasteiger partial charge in [0.25, 0.3) is 0 Å². The van der Waals surface area contributed by atoms with Gasteiger partial charge in [-0.3, -0.25) is 14.4 Å². The average molecular weight is 384 g/mol. The first kappa shape index (κ1) is 21.6. The van der Waals surface area contributed by atoms with Gasteiger partial charge in [0.2, 0.25) is 0 Å². The van der Waals surface area contributed by atoms with Crippen LogP contribution in [-0.2, 0) is 19.1 Å². The Morgan fingerprint density at radius 1 is 1.14 bits per heavy atom. The van der Waals surface area contributed by atoms with Crippen LogP contribution >= 0.6 is 0 Å². The second-order valence-corrected chi connectivity index (χ2v) is 7.13. The molecule has 3 atom stereocenters. The number of ether oxygens (including phenoxy) is 2. The van der Waals surface area contributed by atoms with Crippen molar-refractivity contribution >= 4 is 17.7 Å². The van der Waals surface area contributed by atoms with Crippen molar-refractivity contribution in [3.05, 3.63) is 60.7 Å². The average Bonchev–Trinajstić information content (AvgIpc) is 3.12. The van der Waals surface area contributed by atoms with E-state index in [1.165, 1.54) is 14.2 Å². The molecule has 0 unspecified atom stereocenters. The van der Waals surface area contributed by atoms with Crippen LogP contribution in [-0.4, -0.2) is 31.9 Å². The summed E-state index contributed by atoms with van der Waals surface area (Å²) in [7, 11) is 2.52. The largest absolute Gasteiger partial charge is 0.468 e. The molecule has 1 aromatic rings. The minimum absolute atomic E-state index is 0.0685. The summed E-state index contributed by atoms with van der Waals surface area (Å²) in [6.45, 7) is 5.88. The summed E-state index contributed by atoms with van der Waals surface area (Å²) in [6.07, 6.45) is 6.86. The van der Waals surface area contributed by atoms with Crippen LogP contribution < -0.4 is 0 Å². The molecule has 150 valence electrons. The van der Waals surface area contributed by atoms with Crippen LogP contribution in [0.3, 0.4) is 0 Å². The second-order valence-electron chi connectivity index (χ2n) is 7.13. The summed E-state index contributed by atoms with van der Waals surface area (Å²) in [6, 6.07) is 8.99. The number of carbonyl (C=O) groups is 3. The minimum Gasteiger partial charge on any atom is -0.468 e. The monoisotopic (exact) mass is 384 g/mol. The number of hydrogen-bond donors (Lipinski definition) is 0. The molecule has 0 bridgehead atoms. The number of methoxy groups -OCH3 is 2. The van der Waals surface area contributed by atoms with Crippen molar-refractivity contribution in [1.29, 1.82) is 0 Å². The van der Waals surface area contributed by atoms with Gasteiger partial charge >= 0.3 is 11.9 Å². The van der Waals surface area contributed by atoms with E-state index in [2.05, 4.69) is 6.58 Å². The quantitative estimate of drug-likeness (QED) is 0.293. The molecule has 1 aliphatic carbocycles. The fourth-order valence-corrected chi connectivity index (χ4v) is 4.18. The van der Waals surface area contributed by atoms with Crippen molar-refractivity contribution in [1.82, 2.24) is 0 Å². The van der Waals surface area contributed by atoms with E-state index in [1.54, 1.807) is 18.2 Å². The molecule has 1 aliphatic rings. The number of rotatable bonds is 8. The van der Waals surface area contributed by atoms with Crippen molar-refractivity contribution in [2.45, 2.75) is 26.2 Å². The third kappa shape index (κ3) is 4.08. The van der Waals surface area contributed by atoms with Gasteiger partial charge in [-0.05, 0) is 31.1 Å². The van der Waals surface area contributed by atoms with E-state index in [-0.39, 0.29) is 30.5 Å². The Labute approximate surface area is 166 Å². The molecular weight excluding hydrogens is 356 g/mol. The summed E-state index contributed by atoms with van der Waals surface area (Å²) in [5.74, 6) is -2.23. The first-order valence-corrected chi connectivity index (χ1v) is 9.50. The predicted octanol–water partition coefficient (Wildman–Crippen LogP) is 4.00. The summed E-state index contributed by atoms with van der Waals surface area (Å²) in [5.41, 5.74) is -0.825. The van der Waals surface area contributed by atoms with Crippen molar-refractivity contribution in [3.8, 4) is 0 Å². The number of allylic oxidation sites excluding steroid dienone is 3. The van der Waals surface area contributed by atoms with Gasteiger partial charge in [0.15, 0.2) is 11.2 Å². The highest BCUT2D eigenvalue weighted by Crippen LogP contribution is 2.51. The molecule has 5 heteroatoms. The van der Waals surface area contributed by atoms with Crippen LogP contribution in [0.2, 0.25) is 0 Å². The van der Waals surface area contributed by atoms with Crippen molar-refractivity contribution in [2.24, 2.45) is 23.2 Å². The van der Waals surface area contributed by atoms with Crippen LogP contribution in [0, 0.1) is 23.2 Å². The predicted molar refractivity (Wildman–Crippen MR) is 107 cm³/mol. The van der Waals surface area contributed by atoms with Crippen LogP contribution in [0.15, 0.2) is 55.1 Å². The molecule has 0 aliphatic heterocycles. The molecule has 2 rings (SSSR count). The molecule has 1 aromatic carbocycles. The van der Waals surface area contributed by atoms with Gasteiger partial charge in [-0.1, -0.05) is 55.5 Å². The van der Waals surface area contributed by atoms with E-state index in [9.17, 15) is 14.4 Å². The van der Waals surface area contributed by atoms with Crippen LogP contribution in [0.25, 0.3) is 0 Å². The lowest BCUT2D eigenvalue weighted by molar-refractivity contribution is -0.169. The zero-order valence-electron chi connectivity index (χ0n) is 16.7. The van der Waals surface area contributed by atoms with Gasteiger partial charge in [-0.25, -0.2) is 0 Å². The summed E-state index contributed by atoms with van der Waals surface area (Å²) >= 11 is 0. The fraction of sp³-hybridized carbons (Fsp3) is 0.435. The number of benzene rings is 1. The lowest BCUT2D eigenvalue weighted by Crippen LogP contribution is -2.39. The van der Waals surface area contributed by atoms with Gasteiger partial charge in [-0.15, -0.1) is 6.58 Å². The topological polar surface area (TPSA) is 69.7 Å². The van der Waals surface area contributed by atoms with Gasteiger partial charge in [-0.2, -0.15) is 0 Å². The highest BCUT2D eigenvalue weighted by molar-refractivity contribution is 6.02.